The number of likely N-dealkylation sites (N-methyl/N-ethyl adjacent to an activating group) is 1. The third-order valence-electron chi connectivity index (χ3n) is 10.6. The van der Waals surface area contributed by atoms with Gasteiger partial charge in [0.25, 0.3) is 5.91 Å². The lowest BCUT2D eigenvalue weighted by Crippen LogP contribution is -2.74. The lowest BCUT2D eigenvalue weighted by atomic mass is 9.53. The molecular formula is C30H40F2N4O3. The highest BCUT2D eigenvalue weighted by molar-refractivity contribution is 6.07. The van der Waals surface area contributed by atoms with Crippen LogP contribution in [0.1, 0.15) is 82.7 Å². The molecule has 7 nitrogen and oxygen atoms in total. The molecular weight excluding hydrogens is 502 g/mol. The normalized spacial score (nSPS) is 34.5. The van der Waals surface area contributed by atoms with Crippen molar-refractivity contribution in [3.63, 3.8) is 0 Å². The molecule has 2 spiro atoms. The van der Waals surface area contributed by atoms with Crippen LogP contribution in [0.3, 0.4) is 0 Å². The summed E-state index contributed by atoms with van der Waals surface area (Å²) in [4.78, 5) is 45.2. The molecule has 2 aliphatic heterocycles. The van der Waals surface area contributed by atoms with Crippen LogP contribution < -0.4 is 5.32 Å². The number of amides is 4. The number of hydrogen-bond donors (Lipinski definition) is 1. The minimum Gasteiger partial charge on any atom is -0.349 e. The van der Waals surface area contributed by atoms with Gasteiger partial charge in [-0.3, -0.25) is 19.4 Å². The fourth-order valence-electron chi connectivity index (χ4n) is 8.55. The van der Waals surface area contributed by atoms with Gasteiger partial charge < -0.3 is 10.2 Å². The zero-order chi connectivity index (χ0) is 27.6. The third kappa shape index (κ3) is 4.09. The number of alkyl halides is 2. The summed E-state index contributed by atoms with van der Waals surface area (Å²) in [5.74, 6) is -3.22. The molecule has 0 aromatic heterocycles. The molecule has 5 aliphatic rings. The van der Waals surface area contributed by atoms with Crippen molar-refractivity contribution in [1.29, 1.82) is 0 Å². The monoisotopic (exact) mass is 542 g/mol. The van der Waals surface area contributed by atoms with Crippen molar-refractivity contribution < 1.29 is 23.2 Å². The quantitative estimate of drug-likeness (QED) is 0.482. The summed E-state index contributed by atoms with van der Waals surface area (Å²) in [5, 5.41) is 3.20. The maximum Gasteiger partial charge on any atom is 0.327 e. The zero-order valence-corrected chi connectivity index (χ0v) is 23.0. The molecule has 4 unspecified atom stereocenters. The number of carbonyl (C=O) groups is 3. The predicted octanol–water partition coefficient (Wildman–Crippen LogP) is 4.73. The largest absolute Gasteiger partial charge is 0.349 e. The molecule has 2 saturated heterocycles. The minimum absolute atomic E-state index is 0.0530. The molecule has 1 aromatic carbocycles. The number of imide groups is 1. The second-order valence-electron chi connectivity index (χ2n) is 12.6. The van der Waals surface area contributed by atoms with Crippen molar-refractivity contribution in [2.24, 2.45) is 11.3 Å². The van der Waals surface area contributed by atoms with Gasteiger partial charge in [0.15, 0.2) is 0 Å². The van der Waals surface area contributed by atoms with Crippen LogP contribution in [0.25, 0.3) is 0 Å². The first-order chi connectivity index (χ1) is 18.6. The molecule has 5 atom stereocenters. The first-order valence-corrected chi connectivity index (χ1v) is 14.7. The summed E-state index contributed by atoms with van der Waals surface area (Å²) in [6, 6.07) is 10.2. The van der Waals surface area contributed by atoms with Crippen LogP contribution >= 0.6 is 0 Å². The van der Waals surface area contributed by atoms with Gasteiger partial charge >= 0.3 is 6.03 Å². The topological polar surface area (TPSA) is 73.0 Å². The van der Waals surface area contributed by atoms with Gasteiger partial charge in [0.2, 0.25) is 11.8 Å². The van der Waals surface area contributed by atoms with E-state index in [9.17, 15) is 23.2 Å². The average Bonchev–Trinajstić information content (AvgIpc) is 3.35. The van der Waals surface area contributed by atoms with Crippen LogP contribution in [-0.2, 0) is 9.59 Å². The lowest BCUT2D eigenvalue weighted by Gasteiger charge is -2.68. The molecule has 6 rings (SSSR count). The number of nitrogens with zero attached hydrogens (tertiary/aromatic N) is 3. The molecule has 3 saturated carbocycles. The van der Waals surface area contributed by atoms with E-state index in [1.807, 2.05) is 42.2 Å². The van der Waals surface area contributed by atoms with E-state index in [0.29, 0.717) is 25.4 Å². The van der Waals surface area contributed by atoms with Gasteiger partial charge in [-0.15, -0.1) is 0 Å². The fraction of sp³-hybridized carbons (Fsp3) is 0.700. The highest BCUT2D eigenvalue weighted by Crippen LogP contribution is 2.69. The van der Waals surface area contributed by atoms with E-state index in [2.05, 4.69) is 10.2 Å². The molecule has 2 heterocycles. The maximum atomic E-state index is 13.7. The van der Waals surface area contributed by atoms with Crippen LogP contribution in [0.2, 0.25) is 0 Å². The second kappa shape index (κ2) is 9.53. The van der Waals surface area contributed by atoms with Crippen molar-refractivity contribution in [3.05, 3.63) is 35.9 Å². The van der Waals surface area contributed by atoms with Crippen molar-refractivity contribution in [3.8, 4) is 0 Å². The molecule has 39 heavy (non-hydrogen) atoms. The number of rotatable bonds is 8. The first-order valence-electron chi connectivity index (χ1n) is 14.7. The Labute approximate surface area is 229 Å². The summed E-state index contributed by atoms with van der Waals surface area (Å²) >= 11 is 0. The van der Waals surface area contributed by atoms with Gasteiger partial charge in [-0.25, -0.2) is 13.6 Å². The van der Waals surface area contributed by atoms with Crippen molar-refractivity contribution in [2.45, 2.75) is 101 Å². The van der Waals surface area contributed by atoms with Gasteiger partial charge in [0.1, 0.15) is 5.54 Å². The van der Waals surface area contributed by atoms with E-state index < -0.39 is 11.5 Å². The summed E-state index contributed by atoms with van der Waals surface area (Å²) in [6.45, 7) is 3.42. The molecule has 1 aromatic rings. The highest BCUT2D eigenvalue weighted by atomic mass is 19.3. The standard InChI is InChI=1S/C30H40F2N4O3/c1-3-16-36-27(39)34(2)26(38)29(36)18-24-28(19-29)13-11-23(28)35(24)17-12-22(20-7-5-4-6-8-20)33-25(37)21-9-14-30(31,32)15-10-21/h4-8,21-24H,3,9-19H2,1-2H3,(H,33,37)/t22-,23?,24?,28?,29?/m0/s1. The van der Waals surface area contributed by atoms with Crippen molar-refractivity contribution >= 4 is 17.8 Å². The Hall–Kier alpha value is -2.55. The SMILES string of the molecule is CCCN1C(=O)N(C)C(=O)C12CC1N(CC[C@H](NC(=O)C3CCC(F)(F)CC3)c3ccccc3)C3CCC31C2. The summed E-state index contributed by atoms with van der Waals surface area (Å²) in [7, 11) is 1.61. The molecule has 1 N–H and O–H groups in total. The predicted molar refractivity (Wildman–Crippen MR) is 142 cm³/mol. The molecule has 5 fully saturated rings. The van der Waals surface area contributed by atoms with E-state index in [4.69, 9.17) is 0 Å². The Bertz CT molecular complexity index is 1140. The number of carbonyl (C=O) groups excluding carboxylic acids is 3. The number of halogens is 2. The van der Waals surface area contributed by atoms with E-state index >= 15 is 0 Å². The number of urea groups is 1. The third-order valence-corrected chi connectivity index (χ3v) is 10.6. The summed E-state index contributed by atoms with van der Waals surface area (Å²) < 4.78 is 27.3. The van der Waals surface area contributed by atoms with E-state index in [1.165, 1.54) is 4.90 Å². The second-order valence-corrected chi connectivity index (χ2v) is 12.6. The highest BCUT2D eigenvalue weighted by Gasteiger charge is 2.76. The number of piperidine rings is 1. The van der Waals surface area contributed by atoms with Gasteiger partial charge in [-0.2, -0.15) is 0 Å². The summed E-state index contributed by atoms with van der Waals surface area (Å²) in [5.41, 5.74) is 0.393. The molecule has 4 amide bonds. The minimum atomic E-state index is -2.66. The number of hydrogen-bond acceptors (Lipinski definition) is 4. The average molecular weight is 543 g/mol. The Morgan fingerprint density at radius 3 is 2.41 bits per heavy atom. The first kappa shape index (κ1) is 26.7. The Balaban J connectivity index is 1.16. The Morgan fingerprint density at radius 1 is 1.05 bits per heavy atom. The molecule has 0 radical (unpaired) electrons. The molecule has 9 heteroatoms. The molecule has 3 aliphatic carbocycles. The summed E-state index contributed by atoms with van der Waals surface area (Å²) in [6.07, 6.45) is 5.13. The van der Waals surface area contributed by atoms with Gasteiger partial charge in [-0.1, -0.05) is 37.3 Å². The number of likely N-dealkylation sites (tertiary alicyclic amines) is 1. The van der Waals surface area contributed by atoms with Gasteiger partial charge in [0, 0.05) is 56.4 Å². The Kier molecular flexibility index (Phi) is 6.51. The van der Waals surface area contributed by atoms with E-state index in [1.54, 1.807) is 7.05 Å². The number of nitrogens with one attached hydrogen (secondary N) is 1. The Morgan fingerprint density at radius 2 is 1.77 bits per heavy atom. The van der Waals surface area contributed by atoms with E-state index in [-0.39, 0.29) is 66.9 Å². The van der Waals surface area contributed by atoms with Gasteiger partial charge in [-0.05, 0) is 56.9 Å². The maximum absolute atomic E-state index is 13.7. The molecule has 212 valence electrons. The lowest BCUT2D eigenvalue weighted by molar-refractivity contribution is -0.189. The van der Waals surface area contributed by atoms with Crippen molar-refractivity contribution in [1.82, 2.24) is 20.0 Å². The fourth-order valence-corrected chi connectivity index (χ4v) is 8.55. The van der Waals surface area contributed by atoms with Crippen molar-refractivity contribution in [2.75, 3.05) is 20.1 Å². The van der Waals surface area contributed by atoms with E-state index in [0.717, 1.165) is 37.8 Å². The molecule has 0 bridgehead atoms. The zero-order valence-electron chi connectivity index (χ0n) is 23.0. The van der Waals surface area contributed by atoms with Crippen LogP contribution in [0.15, 0.2) is 30.3 Å². The van der Waals surface area contributed by atoms with Crippen LogP contribution in [0.4, 0.5) is 13.6 Å². The van der Waals surface area contributed by atoms with Crippen LogP contribution in [0, 0.1) is 11.3 Å². The van der Waals surface area contributed by atoms with Crippen LogP contribution in [0.5, 0.6) is 0 Å². The number of benzene rings is 1. The van der Waals surface area contributed by atoms with Crippen LogP contribution in [-0.4, -0.2) is 76.2 Å². The smallest absolute Gasteiger partial charge is 0.327 e. The van der Waals surface area contributed by atoms with Gasteiger partial charge in [0.05, 0.1) is 6.04 Å².